The van der Waals surface area contributed by atoms with Gasteiger partial charge in [-0.15, -0.1) is 10.2 Å². The molecule has 6 heteroatoms. The van der Waals surface area contributed by atoms with Gasteiger partial charge in [-0.05, 0) is 34.3 Å². The summed E-state index contributed by atoms with van der Waals surface area (Å²) in [5.74, 6) is 0.784. The second-order valence-electron chi connectivity index (χ2n) is 2.93. The van der Waals surface area contributed by atoms with E-state index >= 15 is 0 Å². The zero-order valence-electron chi connectivity index (χ0n) is 8.31. The van der Waals surface area contributed by atoms with Crippen molar-refractivity contribution in [1.29, 1.82) is 0 Å². The fourth-order valence-electron chi connectivity index (χ4n) is 1.22. The van der Waals surface area contributed by atoms with Gasteiger partial charge in [0.05, 0.1) is 0 Å². The molecule has 4 nitrogen and oxygen atoms in total. The van der Waals surface area contributed by atoms with Gasteiger partial charge in [0.2, 0.25) is 0 Å². The van der Waals surface area contributed by atoms with Crippen LogP contribution >= 0.6 is 27.7 Å². The number of pyridine rings is 1. The summed E-state index contributed by atoms with van der Waals surface area (Å²) in [6.45, 7) is 0. The molecule has 2 aromatic rings. The average molecular weight is 285 g/mol. The van der Waals surface area contributed by atoms with Gasteiger partial charge in [-0.3, -0.25) is 4.98 Å². The molecule has 2 aromatic heterocycles. The molecule has 15 heavy (non-hydrogen) atoms. The molecule has 2 rings (SSSR count). The lowest BCUT2D eigenvalue weighted by molar-refractivity contribution is 0.794. The Morgan fingerprint density at radius 3 is 2.67 bits per heavy atom. The Labute approximate surface area is 100 Å². The van der Waals surface area contributed by atoms with E-state index < -0.39 is 0 Å². The van der Waals surface area contributed by atoms with Crippen molar-refractivity contribution >= 4 is 27.7 Å². The van der Waals surface area contributed by atoms with Crippen LogP contribution in [0.3, 0.4) is 0 Å². The quantitative estimate of drug-likeness (QED) is 0.794. The summed E-state index contributed by atoms with van der Waals surface area (Å²) in [6, 6.07) is 3.86. The third-order valence-electron chi connectivity index (χ3n) is 1.97. The molecule has 0 atom stereocenters. The number of halogens is 1. The zero-order chi connectivity index (χ0) is 10.8. The minimum absolute atomic E-state index is 0.784. The van der Waals surface area contributed by atoms with Crippen LogP contribution in [-0.4, -0.2) is 26.0 Å². The van der Waals surface area contributed by atoms with Gasteiger partial charge in [0.25, 0.3) is 0 Å². The van der Waals surface area contributed by atoms with Gasteiger partial charge in [0.1, 0.15) is 5.69 Å². The molecule has 2 heterocycles. The van der Waals surface area contributed by atoms with Crippen LogP contribution < -0.4 is 0 Å². The van der Waals surface area contributed by atoms with E-state index in [4.69, 9.17) is 0 Å². The second-order valence-corrected chi connectivity index (χ2v) is 4.62. The highest BCUT2D eigenvalue weighted by molar-refractivity contribution is 9.10. The molecule has 0 radical (unpaired) electrons. The summed E-state index contributed by atoms with van der Waals surface area (Å²) in [4.78, 5) is 4.28. The van der Waals surface area contributed by atoms with Gasteiger partial charge >= 0.3 is 0 Å². The van der Waals surface area contributed by atoms with E-state index in [1.54, 1.807) is 18.0 Å². The van der Waals surface area contributed by atoms with Crippen molar-refractivity contribution < 1.29 is 0 Å². The van der Waals surface area contributed by atoms with E-state index in [1.165, 1.54) is 0 Å². The summed E-state index contributed by atoms with van der Waals surface area (Å²) in [5.41, 5.74) is 0.827. The number of thioether (sulfide) groups is 1. The van der Waals surface area contributed by atoms with E-state index in [0.29, 0.717) is 0 Å². The number of rotatable bonds is 2. The van der Waals surface area contributed by atoms with Crippen LogP contribution in [0.25, 0.3) is 11.5 Å². The number of aromatic nitrogens is 4. The molecule has 0 saturated carbocycles. The third-order valence-corrected chi connectivity index (χ3v) is 3.16. The zero-order valence-corrected chi connectivity index (χ0v) is 10.7. The van der Waals surface area contributed by atoms with Crippen molar-refractivity contribution in [3.05, 3.63) is 22.8 Å². The lowest BCUT2D eigenvalue weighted by atomic mass is 10.3. The van der Waals surface area contributed by atoms with Crippen molar-refractivity contribution in [3.63, 3.8) is 0 Å². The van der Waals surface area contributed by atoms with Crippen LogP contribution in [0.15, 0.2) is 28.0 Å². The van der Waals surface area contributed by atoms with Gasteiger partial charge in [-0.1, -0.05) is 11.8 Å². The standard InChI is InChI=1S/C9H9BrN4S/c1-14-8(12-13-9(14)15-2)7-4-3-6(10)5-11-7/h3-5H,1-2H3. The summed E-state index contributed by atoms with van der Waals surface area (Å²) < 4.78 is 2.89. The Hall–Kier alpha value is -0.880. The van der Waals surface area contributed by atoms with Gasteiger partial charge in [0, 0.05) is 17.7 Å². The molecule has 0 bridgehead atoms. The SMILES string of the molecule is CSc1nnc(-c2ccc(Br)cn2)n1C. The molecule has 0 aliphatic carbocycles. The Kier molecular flexibility index (Phi) is 3.06. The molecule has 0 N–H and O–H groups in total. The molecule has 0 aliphatic rings. The highest BCUT2D eigenvalue weighted by Crippen LogP contribution is 2.20. The number of nitrogens with zero attached hydrogens (tertiary/aromatic N) is 4. The predicted octanol–water partition coefficient (Wildman–Crippen LogP) is 2.36. The van der Waals surface area contributed by atoms with Crippen molar-refractivity contribution in [1.82, 2.24) is 19.7 Å². The lowest BCUT2D eigenvalue weighted by Gasteiger charge is -2.01. The first kappa shape index (κ1) is 10.6. The smallest absolute Gasteiger partial charge is 0.191 e. The van der Waals surface area contributed by atoms with Crippen LogP contribution in [0.5, 0.6) is 0 Å². The summed E-state index contributed by atoms with van der Waals surface area (Å²) in [6.07, 6.45) is 3.73. The van der Waals surface area contributed by atoms with Crippen LogP contribution in [-0.2, 0) is 7.05 Å². The number of hydrogen-bond acceptors (Lipinski definition) is 4. The molecular weight excluding hydrogens is 276 g/mol. The van der Waals surface area contributed by atoms with Gasteiger partial charge in [-0.25, -0.2) is 0 Å². The molecule has 0 saturated heterocycles. The van der Waals surface area contributed by atoms with Gasteiger partial charge in [0.15, 0.2) is 11.0 Å². The third kappa shape index (κ3) is 2.05. The molecule has 0 spiro atoms. The van der Waals surface area contributed by atoms with Gasteiger partial charge in [-0.2, -0.15) is 0 Å². The van der Waals surface area contributed by atoms with Crippen LogP contribution in [0.4, 0.5) is 0 Å². The van der Waals surface area contributed by atoms with E-state index in [9.17, 15) is 0 Å². The highest BCUT2D eigenvalue weighted by atomic mass is 79.9. The van der Waals surface area contributed by atoms with Crippen LogP contribution in [0, 0.1) is 0 Å². The highest BCUT2D eigenvalue weighted by Gasteiger charge is 2.10. The van der Waals surface area contributed by atoms with E-state index in [-0.39, 0.29) is 0 Å². The average Bonchev–Trinajstić information content (AvgIpc) is 2.61. The first-order valence-electron chi connectivity index (χ1n) is 4.27. The maximum absolute atomic E-state index is 4.28. The molecule has 0 fully saturated rings. The van der Waals surface area contributed by atoms with E-state index in [0.717, 1.165) is 21.1 Å². The molecule has 78 valence electrons. The summed E-state index contributed by atoms with van der Waals surface area (Å²) >= 11 is 4.91. The minimum atomic E-state index is 0.784. The predicted molar refractivity (Wildman–Crippen MR) is 63.7 cm³/mol. The van der Waals surface area contributed by atoms with Gasteiger partial charge < -0.3 is 4.57 Å². The maximum atomic E-state index is 4.28. The fourth-order valence-corrected chi connectivity index (χ4v) is 1.94. The second kappa shape index (κ2) is 4.32. The Morgan fingerprint density at radius 1 is 1.33 bits per heavy atom. The van der Waals surface area contributed by atoms with Crippen molar-refractivity contribution in [2.75, 3.05) is 6.26 Å². The molecule has 0 amide bonds. The van der Waals surface area contributed by atoms with Crippen molar-refractivity contribution in [3.8, 4) is 11.5 Å². The molecular formula is C9H9BrN4S. The van der Waals surface area contributed by atoms with Crippen molar-refractivity contribution in [2.24, 2.45) is 7.05 Å². The van der Waals surface area contributed by atoms with Crippen LogP contribution in [0.1, 0.15) is 0 Å². The van der Waals surface area contributed by atoms with E-state index in [2.05, 4.69) is 31.1 Å². The van der Waals surface area contributed by atoms with Crippen LogP contribution in [0.2, 0.25) is 0 Å². The fraction of sp³-hybridized carbons (Fsp3) is 0.222. The summed E-state index contributed by atoms with van der Waals surface area (Å²) in [7, 11) is 1.94. The normalized spacial score (nSPS) is 10.6. The molecule has 0 aliphatic heterocycles. The lowest BCUT2D eigenvalue weighted by Crippen LogP contribution is -1.95. The van der Waals surface area contributed by atoms with Crippen molar-refractivity contribution in [2.45, 2.75) is 5.16 Å². The first-order chi connectivity index (χ1) is 7.22. The molecule has 0 unspecified atom stereocenters. The largest absolute Gasteiger partial charge is 0.304 e. The first-order valence-corrected chi connectivity index (χ1v) is 6.29. The maximum Gasteiger partial charge on any atom is 0.191 e. The van der Waals surface area contributed by atoms with E-state index in [1.807, 2.05) is 30.0 Å². The summed E-state index contributed by atoms with van der Waals surface area (Å²) in [5, 5.41) is 9.04. The Morgan fingerprint density at radius 2 is 2.13 bits per heavy atom. The topological polar surface area (TPSA) is 43.6 Å². The minimum Gasteiger partial charge on any atom is -0.304 e. The number of hydrogen-bond donors (Lipinski definition) is 0. The Bertz CT molecular complexity index is 465. The Balaban J connectivity index is 2.45. The molecule has 0 aromatic carbocycles. The monoisotopic (exact) mass is 284 g/mol.